The zero-order valence-corrected chi connectivity index (χ0v) is 18.7. The second-order valence-corrected chi connectivity index (χ2v) is 8.76. The Kier molecular flexibility index (Phi) is 6.14. The van der Waals surface area contributed by atoms with Crippen LogP contribution in [0.5, 0.6) is 0 Å². The predicted molar refractivity (Wildman–Crippen MR) is 123 cm³/mol. The first-order valence-electron chi connectivity index (χ1n) is 11.4. The van der Waals surface area contributed by atoms with Crippen molar-refractivity contribution in [3.05, 3.63) is 77.3 Å². The van der Waals surface area contributed by atoms with Gasteiger partial charge >= 0.3 is 6.18 Å². The van der Waals surface area contributed by atoms with E-state index < -0.39 is 11.7 Å². The molecule has 0 unspecified atom stereocenters. The first kappa shape index (κ1) is 22.6. The van der Waals surface area contributed by atoms with Gasteiger partial charge in [0.2, 0.25) is 0 Å². The molecular weight excluding hydrogens is 443 g/mol. The molecule has 0 spiro atoms. The van der Waals surface area contributed by atoms with Crippen molar-refractivity contribution in [1.29, 1.82) is 0 Å². The summed E-state index contributed by atoms with van der Waals surface area (Å²) < 4.78 is 40.2. The van der Waals surface area contributed by atoms with Gasteiger partial charge in [-0.1, -0.05) is 18.2 Å². The molecule has 1 saturated heterocycles. The monoisotopic (exact) mass is 469 g/mol. The Hall–Kier alpha value is -3.17. The van der Waals surface area contributed by atoms with Crippen molar-refractivity contribution in [1.82, 2.24) is 24.5 Å². The Balaban J connectivity index is 1.20. The van der Waals surface area contributed by atoms with E-state index in [1.54, 1.807) is 11.1 Å². The van der Waals surface area contributed by atoms with Gasteiger partial charge in [0.05, 0.1) is 5.56 Å². The molecule has 1 fully saturated rings. The highest BCUT2D eigenvalue weighted by atomic mass is 19.4. The molecule has 2 aliphatic heterocycles. The number of imidazole rings is 1. The number of carbonyl (C=O) groups is 1. The molecule has 1 amide bonds. The van der Waals surface area contributed by atoms with E-state index in [0.717, 1.165) is 48.4 Å². The molecule has 0 bridgehead atoms. The number of nitrogens with one attached hydrogen (secondary N) is 1. The Morgan fingerprint density at radius 1 is 1.00 bits per heavy atom. The van der Waals surface area contributed by atoms with Gasteiger partial charge in [-0.25, -0.2) is 4.98 Å². The summed E-state index contributed by atoms with van der Waals surface area (Å²) >= 11 is 0. The normalized spacial score (nSPS) is 17.7. The van der Waals surface area contributed by atoms with Crippen LogP contribution >= 0.6 is 0 Å². The molecule has 2 aromatic heterocycles. The second-order valence-electron chi connectivity index (χ2n) is 8.76. The van der Waals surface area contributed by atoms with Gasteiger partial charge < -0.3 is 14.6 Å². The summed E-state index contributed by atoms with van der Waals surface area (Å²) in [6.45, 7) is 4.81. The van der Waals surface area contributed by atoms with Crippen LogP contribution in [0.1, 0.15) is 33.6 Å². The quantitative estimate of drug-likeness (QED) is 0.634. The van der Waals surface area contributed by atoms with Crippen LogP contribution in [-0.4, -0.2) is 64.4 Å². The minimum atomic E-state index is -4.32. The van der Waals surface area contributed by atoms with Crippen LogP contribution in [0.4, 0.5) is 13.2 Å². The Morgan fingerprint density at radius 2 is 1.76 bits per heavy atom. The molecule has 1 N–H and O–H groups in total. The van der Waals surface area contributed by atoms with E-state index in [1.807, 2.05) is 22.7 Å². The fraction of sp³-hybridized carbons (Fsp3) is 0.360. The lowest BCUT2D eigenvalue weighted by atomic mass is 10.0. The highest BCUT2D eigenvalue weighted by Crippen LogP contribution is 2.29. The molecule has 0 radical (unpaired) electrons. The molecule has 0 saturated carbocycles. The van der Waals surface area contributed by atoms with Crippen molar-refractivity contribution in [2.24, 2.45) is 0 Å². The molecule has 34 heavy (non-hydrogen) atoms. The number of halogens is 3. The molecule has 5 rings (SSSR count). The van der Waals surface area contributed by atoms with Crippen LogP contribution < -0.4 is 5.32 Å². The van der Waals surface area contributed by atoms with Crippen LogP contribution in [0.25, 0.3) is 11.2 Å². The highest BCUT2D eigenvalue weighted by Gasteiger charge is 2.30. The summed E-state index contributed by atoms with van der Waals surface area (Å²) in [5, 5.41) is 3.31. The van der Waals surface area contributed by atoms with Gasteiger partial charge in [0.15, 0.2) is 0 Å². The molecule has 3 aromatic rings. The fourth-order valence-corrected chi connectivity index (χ4v) is 4.50. The zero-order chi connectivity index (χ0) is 23.7. The summed E-state index contributed by atoms with van der Waals surface area (Å²) in [5.41, 5.74) is 3.79. The number of amides is 1. The summed E-state index contributed by atoms with van der Waals surface area (Å²) in [7, 11) is 0. The number of fused-ring (bicyclic) bond motifs is 1. The van der Waals surface area contributed by atoms with Crippen molar-refractivity contribution in [2.45, 2.75) is 19.1 Å². The van der Waals surface area contributed by atoms with E-state index >= 15 is 0 Å². The van der Waals surface area contributed by atoms with Gasteiger partial charge in [-0.05, 0) is 53.9 Å². The minimum absolute atomic E-state index is 0.0967. The number of rotatable bonds is 4. The van der Waals surface area contributed by atoms with E-state index in [9.17, 15) is 18.0 Å². The van der Waals surface area contributed by atoms with Crippen molar-refractivity contribution in [2.75, 3.05) is 39.3 Å². The number of nitrogens with zero attached hydrogens (tertiary/aromatic N) is 4. The smallest absolute Gasteiger partial charge is 0.335 e. The number of aromatic nitrogens is 2. The third-order valence-corrected chi connectivity index (χ3v) is 6.45. The lowest BCUT2D eigenvalue weighted by Crippen LogP contribution is -2.48. The zero-order valence-electron chi connectivity index (χ0n) is 18.7. The highest BCUT2D eigenvalue weighted by molar-refractivity contribution is 5.93. The molecule has 1 aromatic carbocycles. The Bertz CT molecular complexity index is 1210. The Labute approximate surface area is 195 Å². The maximum absolute atomic E-state index is 13.1. The average Bonchev–Trinajstić information content (AvgIpc) is 3.28. The SMILES string of the molecule is O=C(c1cn2cc(C3=CCNCC3)ccc2n1)N1CCN(Cc2ccc(C(F)(F)F)cc2)CC1. The van der Waals surface area contributed by atoms with Crippen molar-refractivity contribution >= 4 is 17.1 Å². The summed E-state index contributed by atoms with van der Waals surface area (Å²) in [6.07, 6.45) is 2.66. The lowest BCUT2D eigenvalue weighted by Gasteiger charge is -2.34. The predicted octanol–water partition coefficient (Wildman–Crippen LogP) is 3.69. The number of alkyl halides is 3. The topological polar surface area (TPSA) is 52.9 Å². The van der Waals surface area contributed by atoms with Crippen LogP contribution in [-0.2, 0) is 12.7 Å². The maximum Gasteiger partial charge on any atom is 0.416 e. The average molecular weight is 470 g/mol. The van der Waals surface area contributed by atoms with Gasteiger partial charge in [-0.3, -0.25) is 9.69 Å². The third kappa shape index (κ3) is 4.85. The number of carbonyl (C=O) groups excluding carboxylic acids is 1. The van der Waals surface area contributed by atoms with E-state index in [4.69, 9.17) is 0 Å². The number of hydrogen-bond acceptors (Lipinski definition) is 4. The molecule has 0 atom stereocenters. The van der Waals surface area contributed by atoms with E-state index in [-0.39, 0.29) is 5.91 Å². The first-order chi connectivity index (χ1) is 16.4. The molecule has 4 heterocycles. The van der Waals surface area contributed by atoms with E-state index in [0.29, 0.717) is 38.4 Å². The van der Waals surface area contributed by atoms with Crippen molar-refractivity contribution in [3.63, 3.8) is 0 Å². The van der Waals surface area contributed by atoms with Crippen molar-refractivity contribution < 1.29 is 18.0 Å². The largest absolute Gasteiger partial charge is 0.416 e. The van der Waals surface area contributed by atoms with Crippen LogP contribution in [0.2, 0.25) is 0 Å². The van der Waals surface area contributed by atoms with Gasteiger partial charge in [-0.2, -0.15) is 13.2 Å². The van der Waals surface area contributed by atoms with Crippen LogP contribution in [0.15, 0.2) is 54.9 Å². The Morgan fingerprint density at radius 3 is 2.44 bits per heavy atom. The van der Waals surface area contributed by atoms with Crippen LogP contribution in [0.3, 0.4) is 0 Å². The number of pyridine rings is 1. The number of piperazine rings is 1. The lowest BCUT2D eigenvalue weighted by molar-refractivity contribution is -0.137. The summed E-state index contributed by atoms with van der Waals surface area (Å²) in [4.78, 5) is 21.5. The van der Waals surface area contributed by atoms with E-state index in [1.165, 1.54) is 17.7 Å². The number of benzene rings is 1. The van der Waals surface area contributed by atoms with Crippen molar-refractivity contribution in [3.8, 4) is 0 Å². The van der Waals surface area contributed by atoms with Gasteiger partial charge in [-0.15, -0.1) is 0 Å². The van der Waals surface area contributed by atoms with Gasteiger partial charge in [0, 0.05) is 51.7 Å². The molecule has 9 heteroatoms. The second kappa shape index (κ2) is 9.23. The molecule has 0 aliphatic carbocycles. The molecular formula is C25H26F3N5O. The van der Waals surface area contributed by atoms with E-state index in [2.05, 4.69) is 21.3 Å². The summed E-state index contributed by atoms with van der Waals surface area (Å²) in [5.74, 6) is -0.0967. The minimum Gasteiger partial charge on any atom is -0.335 e. The third-order valence-electron chi connectivity index (χ3n) is 6.45. The first-order valence-corrected chi connectivity index (χ1v) is 11.4. The standard InChI is InChI=1S/C25H26F3N5O/c26-25(27,28)21-4-1-18(2-5-21)15-31-11-13-32(14-12-31)24(34)22-17-33-16-20(3-6-23(33)30-22)19-7-9-29-10-8-19/h1-7,16-17,29H,8-15H2. The molecule has 6 nitrogen and oxygen atoms in total. The molecule has 178 valence electrons. The number of hydrogen-bond donors (Lipinski definition) is 1. The van der Waals surface area contributed by atoms with Gasteiger partial charge in [0.1, 0.15) is 11.3 Å². The fourth-order valence-electron chi connectivity index (χ4n) is 4.50. The maximum atomic E-state index is 13.1. The summed E-state index contributed by atoms with van der Waals surface area (Å²) in [6, 6.07) is 9.26. The molecule has 2 aliphatic rings. The van der Waals surface area contributed by atoms with Crippen LogP contribution in [0, 0.1) is 0 Å². The van der Waals surface area contributed by atoms with Gasteiger partial charge in [0.25, 0.3) is 5.91 Å².